The standard InChI is InChI=1S/C11H21NO3/c1-3-4-5-10(14-2)11(13)12-6-8-15-9-7-12/h10H,3-9H2,1-2H3. The highest BCUT2D eigenvalue weighted by molar-refractivity contribution is 5.81. The SMILES string of the molecule is CCCCC(OC)C(=O)N1CCOCC1. The predicted octanol–water partition coefficient (Wildman–Crippen LogP) is 1.05. The zero-order chi connectivity index (χ0) is 11.1. The molecule has 0 bridgehead atoms. The Bertz CT molecular complexity index is 190. The molecule has 4 nitrogen and oxygen atoms in total. The van der Waals surface area contributed by atoms with Crippen LogP contribution in [0.2, 0.25) is 0 Å². The molecular weight excluding hydrogens is 194 g/mol. The van der Waals surface area contributed by atoms with Gasteiger partial charge in [-0.2, -0.15) is 0 Å². The van der Waals surface area contributed by atoms with Gasteiger partial charge in [-0.15, -0.1) is 0 Å². The Morgan fingerprint density at radius 3 is 2.67 bits per heavy atom. The number of hydrogen-bond acceptors (Lipinski definition) is 3. The van der Waals surface area contributed by atoms with Crippen molar-refractivity contribution in [3.8, 4) is 0 Å². The number of rotatable bonds is 5. The quantitative estimate of drug-likeness (QED) is 0.688. The summed E-state index contributed by atoms with van der Waals surface area (Å²) >= 11 is 0. The van der Waals surface area contributed by atoms with Crippen LogP contribution in [-0.2, 0) is 14.3 Å². The summed E-state index contributed by atoms with van der Waals surface area (Å²) in [6.07, 6.45) is 2.69. The zero-order valence-corrected chi connectivity index (χ0v) is 9.70. The molecule has 1 aliphatic rings. The molecule has 0 aromatic heterocycles. The zero-order valence-electron chi connectivity index (χ0n) is 9.70. The Hall–Kier alpha value is -0.610. The average Bonchev–Trinajstić information content (AvgIpc) is 2.31. The van der Waals surface area contributed by atoms with E-state index < -0.39 is 0 Å². The number of carbonyl (C=O) groups is 1. The summed E-state index contributed by atoms with van der Waals surface area (Å²) in [5.41, 5.74) is 0. The lowest BCUT2D eigenvalue weighted by molar-refractivity contribution is -0.146. The minimum absolute atomic E-state index is 0.120. The number of amides is 1. The van der Waals surface area contributed by atoms with Crippen LogP contribution in [0.15, 0.2) is 0 Å². The highest BCUT2D eigenvalue weighted by Gasteiger charge is 2.24. The van der Waals surface area contributed by atoms with E-state index in [0.717, 1.165) is 19.3 Å². The molecular formula is C11H21NO3. The van der Waals surface area contributed by atoms with Gasteiger partial charge in [0, 0.05) is 20.2 Å². The van der Waals surface area contributed by atoms with Gasteiger partial charge in [0.1, 0.15) is 6.10 Å². The first-order valence-electron chi connectivity index (χ1n) is 5.69. The Labute approximate surface area is 91.5 Å². The van der Waals surface area contributed by atoms with Gasteiger partial charge in [0.2, 0.25) is 0 Å². The van der Waals surface area contributed by atoms with Gasteiger partial charge in [-0.05, 0) is 6.42 Å². The van der Waals surface area contributed by atoms with E-state index in [1.165, 1.54) is 0 Å². The second-order valence-corrected chi connectivity index (χ2v) is 3.80. The number of unbranched alkanes of at least 4 members (excludes halogenated alkanes) is 1. The van der Waals surface area contributed by atoms with Crippen LogP contribution in [0.3, 0.4) is 0 Å². The third kappa shape index (κ3) is 3.80. The summed E-state index contributed by atoms with van der Waals surface area (Å²) in [5.74, 6) is 0.120. The Kier molecular flexibility index (Phi) is 5.65. The fraction of sp³-hybridized carbons (Fsp3) is 0.909. The number of methoxy groups -OCH3 is 1. The van der Waals surface area contributed by atoms with Crippen molar-refractivity contribution < 1.29 is 14.3 Å². The molecule has 1 saturated heterocycles. The van der Waals surface area contributed by atoms with Gasteiger partial charge in [-0.3, -0.25) is 4.79 Å². The van der Waals surface area contributed by atoms with E-state index in [1.807, 2.05) is 4.90 Å². The summed E-state index contributed by atoms with van der Waals surface area (Å²) in [5, 5.41) is 0. The first-order valence-corrected chi connectivity index (χ1v) is 5.69. The fourth-order valence-corrected chi connectivity index (χ4v) is 1.72. The highest BCUT2D eigenvalue weighted by Crippen LogP contribution is 2.09. The van der Waals surface area contributed by atoms with E-state index in [2.05, 4.69) is 6.92 Å². The van der Waals surface area contributed by atoms with Crippen molar-refractivity contribution in [1.29, 1.82) is 0 Å². The fourth-order valence-electron chi connectivity index (χ4n) is 1.72. The van der Waals surface area contributed by atoms with Crippen LogP contribution in [0.4, 0.5) is 0 Å². The van der Waals surface area contributed by atoms with Gasteiger partial charge in [0.15, 0.2) is 0 Å². The van der Waals surface area contributed by atoms with E-state index in [4.69, 9.17) is 9.47 Å². The lowest BCUT2D eigenvalue weighted by Gasteiger charge is -2.29. The van der Waals surface area contributed by atoms with Crippen molar-refractivity contribution in [1.82, 2.24) is 4.90 Å². The number of carbonyl (C=O) groups excluding carboxylic acids is 1. The van der Waals surface area contributed by atoms with Crippen molar-refractivity contribution in [3.63, 3.8) is 0 Å². The number of nitrogens with zero attached hydrogens (tertiary/aromatic N) is 1. The molecule has 0 saturated carbocycles. The molecule has 0 aromatic rings. The third-order valence-electron chi connectivity index (χ3n) is 2.70. The Morgan fingerprint density at radius 2 is 2.13 bits per heavy atom. The van der Waals surface area contributed by atoms with E-state index in [9.17, 15) is 4.79 Å². The lowest BCUT2D eigenvalue weighted by atomic mass is 10.1. The molecule has 0 radical (unpaired) electrons. The van der Waals surface area contributed by atoms with Crippen LogP contribution >= 0.6 is 0 Å². The van der Waals surface area contributed by atoms with Crippen molar-refractivity contribution in [2.24, 2.45) is 0 Å². The van der Waals surface area contributed by atoms with Gasteiger partial charge < -0.3 is 14.4 Å². The normalized spacial score (nSPS) is 18.9. The summed E-state index contributed by atoms with van der Waals surface area (Å²) in [6, 6.07) is 0. The summed E-state index contributed by atoms with van der Waals surface area (Å²) in [6.45, 7) is 4.81. The van der Waals surface area contributed by atoms with Crippen LogP contribution in [0.25, 0.3) is 0 Å². The van der Waals surface area contributed by atoms with Gasteiger partial charge in [-0.1, -0.05) is 19.8 Å². The van der Waals surface area contributed by atoms with Gasteiger partial charge in [-0.25, -0.2) is 0 Å². The smallest absolute Gasteiger partial charge is 0.251 e. The first-order chi connectivity index (χ1) is 7.29. The summed E-state index contributed by atoms with van der Waals surface area (Å²) in [4.78, 5) is 13.8. The second-order valence-electron chi connectivity index (χ2n) is 3.80. The van der Waals surface area contributed by atoms with E-state index in [0.29, 0.717) is 26.3 Å². The van der Waals surface area contributed by atoms with Crippen LogP contribution in [-0.4, -0.2) is 50.3 Å². The molecule has 1 rings (SSSR count). The van der Waals surface area contributed by atoms with Crippen molar-refractivity contribution in [2.75, 3.05) is 33.4 Å². The highest BCUT2D eigenvalue weighted by atomic mass is 16.5. The molecule has 1 aliphatic heterocycles. The molecule has 15 heavy (non-hydrogen) atoms. The number of ether oxygens (including phenoxy) is 2. The molecule has 1 atom stereocenters. The lowest BCUT2D eigenvalue weighted by Crippen LogP contribution is -2.46. The summed E-state index contributed by atoms with van der Waals surface area (Å²) in [7, 11) is 1.61. The second kappa shape index (κ2) is 6.80. The molecule has 1 unspecified atom stereocenters. The van der Waals surface area contributed by atoms with Gasteiger partial charge in [0.05, 0.1) is 13.2 Å². The third-order valence-corrected chi connectivity index (χ3v) is 2.70. The monoisotopic (exact) mass is 215 g/mol. The topological polar surface area (TPSA) is 38.8 Å². The maximum Gasteiger partial charge on any atom is 0.251 e. The molecule has 1 heterocycles. The van der Waals surface area contributed by atoms with Gasteiger partial charge in [0.25, 0.3) is 5.91 Å². The molecule has 88 valence electrons. The Morgan fingerprint density at radius 1 is 1.47 bits per heavy atom. The molecule has 4 heteroatoms. The number of hydrogen-bond donors (Lipinski definition) is 0. The van der Waals surface area contributed by atoms with Crippen LogP contribution in [0.5, 0.6) is 0 Å². The van der Waals surface area contributed by atoms with E-state index >= 15 is 0 Å². The predicted molar refractivity (Wildman–Crippen MR) is 57.7 cm³/mol. The Balaban J connectivity index is 2.40. The molecule has 0 N–H and O–H groups in total. The van der Waals surface area contributed by atoms with E-state index in [-0.39, 0.29) is 12.0 Å². The number of morpholine rings is 1. The minimum atomic E-state index is -0.261. The minimum Gasteiger partial charge on any atom is -0.378 e. The van der Waals surface area contributed by atoms with Crippen LogP contribution in [0.1, 0.15) is 26.2 Å². The molecule has 0 aliphatic carbocycles. The largest absolute Gasteiger partial charge is 0.378 e. The van der Waals surface area contributed by atoms with Gasteiger partial charge >= 0.3 is 0 Å². The maximum atomic E-state index is 12.0. The first kappa shape index (κ1) is 12.5. The maximum absolute atomic E-state index is 12.0. The molecule has 1 fully saturated rings. The summed E-state index contributed by atoms with van der Waals surface area (Å²) < 4.78 is 10.4. The van der Waals surface area contributed by atoms with Crippen molar-refractivity contribution in [2.45, 2.75) is 32.3 Å². The molecule has 0 spiro atoms. The average molecular weight is 215 g/mol. The van der Waals surface area contributed by atoms with Crippen molar-refractivity contribution >= 4 is 5.91 Å². The van der Waals surface area contributed by atoms with Crippen molar-refractivity contribution in [3.05, 3.63) is 0 Å². The molecule has 0 aromatic carbocycles. The van der Waals surface area contributed by atoms with Crippen LogP contribution < -0.4 is 0 Å². The molecule has 1 amide bonds. The van der Waals surface area contributed by atoms with Crippen LogP contribution in [0, 0.1) is 0 Å². The van der Waals surface area contributed by atoms with E-state index in [1.54, 1.807) is 7.11 Å².